The van der Waals surface area contributed by atoms with Crippen molar-refractivity contribution in [2.75, 3.05) is 24.7 Å². The first-order valence-corrected chi connectivity index (χ1v) is 9.59. The standard InChI is InChI=1S/C20H22N2O2S/c23-19(14-22-16-25-15-20(22)24)21(13-18-9-5-2-6-10-18)12-11-17-7-3-1-4-8-17/h1-10H,11-16H2. The molecule has 0 spiro atoms. The summed E-state index contributed by atoms with van der Waals surface area (Å²) >= 11 is 1.56. The molecule has 1 heterocycles. The Morgan fingerprint density at radius 3 is 2.24 bits per heavy atom. The van der Waals surface area contributed by atoms with E-state index in [0.717, 1.165) is 12.0 Å². The van der Waals surface area contributed by atoms with Crippen LogP contribution in [0.3, 0.4) is 0 Å². The highest BCUT2D eigenvalue weighted by atomic mass is 32.2. The van der Waals surface area contributed by atoms with E-state index in [1.807, 2.05) is 53.4 Å². The number of benzene rings is 2. The predicted molar refractivity (Wildman–Crippen MR) is 101 cm³/mol. The molecule has 5 heteroatoms. The summed E-state index contributed by atoms with van der Waals surface area (Å²) in [5, 5.41) is 0. The quantitative estimate of drug-likeness (QED) is 0.768. The summed E-state index contributed by atoms with van der Waals surface area (Å²) in [6.45, 7) is 1.39. The Morgan fingerprint density at radius 1 is 1.00 bits per heavy atom. The van der Waals surface area contributed by atoms with Gasteiger partial charge in [0.2, 0.25) is 11.8 Å². The van der Waals surface area contributed by atoms with Crippen LogP contribution >= 0.6 is 11.8 Å². The summed E-state index contributed by atoms with van der Waals surface area (Å²) in [7, 11) is 0. The highest BCUT2D eigenvalue weighted by Gasteiger charge is 2.25. The number of rotatable bonds is 7. The van der Waals surface area contributed by atoms with Gasteiger partial charge in [0.05, 0.1) is 11.6 Å². The predicted octanol–water partition coefficient (Wildman–Crippen LogP) is 2.79. The summed E-state index contributed by atoms with van der Waals surface area (Å²) in [5.41, 5.74) is 2.31. The fraction of sp³-hybridized carbons (Fsp3) is 0.300. The van der Waals surface area contributed by atoms with E-state index in [-0.39, 0.29) is 18.4 Å². The highest BCUT2D eigenvalue weighted by molar-refractivity contribution is 8.00. The molecule has 1 aliphatic heterocycles. The van der Waals surface area contributed by atoms with E-state index in [9.17, 15) is 9.59 Å². The monoisotopic (exact) mass is 354 g/mol. The number of amides is 2. The van der Waals surface area contributed by atoms with Gasteiger partial charge in [0.25, 0.3) is 0 Å². The molecule has 0 saturated carbocycles. The van der Waals surface area contributed by atoms with Crippen LogP contribution in [0.4, 0.5) is 0 Å². The molecule has 0 atom stereocenters. The molecular weight excluding hydrogens is 332 g/mol. The zero-order chi connectivity index (χ0) is 17.5. The fourth-order valence-electron chi connectivity index (χ4n) is 2.81. The van der Waals surface area contributed by atoms with Gasteiger partial charge in [-0.15, -0.1) is 11.8 Å². The van der Waals surface area contributed by atoms with Crippen LogP contribution in [0.1, 0.15) is 11.1 Å². The molecule has 0 aliphatic carbocycles. The van der Waals surface area contributed by atoms with Gasteiger partial charge >= 0.3 is 0 Å². The molecule has 0 aromatic heterocycles. The van der Waals surface area contributed by atoms with Gasteiger partial charge in [-0.1, -0.05) is 60.7 Å². The summed E-state index contributed by atoms with van der Waals surface area (Å²) in [4.78, 5) is 28.1. The van der Waals surface area contributed by atoms with E-state index in [1.165, 1.54) is 5.56 Å². The van der Waals surface area contributed by atoms with Crippen molar-refractivity contribution in [3.05, 3.63) is 71.8 Å². The second-order valence-corrected chi connectivity index (χ2v) is 7.06. The number of hydrogen-bond donors (Lipinski definition) is 0. The van der Waals surface area contributed by atoms with Crippen LogP contribution in [0, 0.1) is 0 Å². The van der Waals surface area contributed by atoms with E-state index < -0.39 is 0 Å². The summed E-state index contributed by atoms with van der Waals surface area (Å²) in [5.74, 6) is 1.16. The molecule has 2 aromatic carbocycles. The van der Waals surface area contributed by atoms with Crippen LogP contribution in [0.25, 0.3) is 0 Å². The molecule has 1 aliphatic rings. The van der Waals surface area contributed by atoms with Gasteiger partial charge in [-0.25, -0.2) is 0 Å². The number of thioether (sulfide) groups is 1. The Labute approximate surface area is 152 Å². The van der Waals surface area contributed by atoms with E-state index in [4.69, 9.17) is 0 Å². The van der Waals surface area contributed by atoms with Crippen LogP contribution in [0.2, 0.25) is 0 Å². The second kappa shape index (κ2) is 8.72. The molecule has 1 saturated heterocycles. The molecule has 0 unspecified atom stereocenters. The first kappa shape index (κ1) is 17.5. The third kappa shape index (κ3) is 5.10. The van der Waals surface area contributed by atoms with Crippen molar-refractivity contribution < 1.29 is 9.59 Å². The highest BCUT2D eigenvalue weighted by Crippen LogP contribution is 2.15. The topological polar surface area (TPSA) is 40.6 Å². The van der Waals surface area contributed by atoms with Crippen LogP contribution in [0.15, 0.2) is 60.7 Å². The molecule has 0 radical (unpaired) electrons. The third-order valence-corrected chi connectivity index (χ3v) is 5.18. The van der Waals surface area contributed by atoms with Crippen molar-refractivity contribution in [3.63, 3.8) is 0 Å². The minimum absolute atomic E-state index is 0.00985. The molecule has 4 nitrogen and oxygen atoms in total. The van der Waals surface area contributed by atoms with Gasteiger partial charge in [-0.2, -0.15) is 0 Å². The number of carbonyl (C=O) groups excluding carboxylic acids is 2. The Balaban J connectivity index is 1.66. The molecule has 25 heavy (non-hydrogen) atoms. The molecule has 1 fully saturated rings. The number of nitrogens with zero attached hydrogens (tertiary/aromatic N) is 2. The molecular formula is C20H22N2O2S. The van der Waals surface area contributed by atoms with Crippen molar-refractivity contribution in [2.24, 2.45) is 0 Å². The lowest BCUT2D eigenvalue weighted by atomic mass is 10.1. The lowest BCUT2D eigenvalue weighted by molar-refractivity contribution is -0.138. The summed E-state index contributed by atoms with van der Waals surface area (Å²) in [6.07, 6.45) is 0.808. The Kier molecular flexibility index (Phi) is 6.12. The number of hydrogen-bond acceptors (Lipinski definition) is 3. The van der Waals surface area contributed by atoms with E-state index in [2.05, 4.69) is 12.1 Å². The Hall–Kier alpha value is -2.27. The lowest BCUT2D eigenvalue weighted by Gasteiger charge is -2.25. The number of carbonyl (C=O) groups is 2. The van der Waals surface area contributed by atoms with Gasteiger partial charge in [0.15, 0.2) is 0 Å². The average Bonchev–Trinajstić information content (AvgIpc) is 3.05. The summed E-state index contributed by atoms with van der Waals surface area (Å²) in [6, 6.07) is 20.2. The van der Waals surface area contributed by atoms with Gasteiger partial charge in [0, 0.05) is 13.1 Å². The van der Waals surface area contributed by atoms with Gasteiger partial charge < -0.3 is 9.80 Å². The fourth-order valence-corrected chi connectivity index (χ4v) is 3.71. The van der Waals surface area contributed by atoms with E-state index in [0.29, 0.717) is 24.7 Å². The smallest absolute Gasteiger partial charge is 0.242 e. The van der Waals surface area contributed by atoms with Gasteiger partial charge in [-0.05, 0) is 17.5 Å². The molecule has 130 valence electrons. The zero-order valence-electron chi connectivity index (χ0n) is 14.1. The second-order valence-electron chi connectivity index (χ2n) is 6.11. The van der Waals surface area contributed by atoms with Crippen LogP contribution < -0.4 is 0 Å². The van der Waals surface area contributed by atoms with Crippen molar-refractivity contribution in [2.45, 2.75) is 13.0 Å². The maximum Gasteiger partial charge on any atom is 0.242 e. The van der Waals surface area contributed by atoms with Crippen LogP contribution in [0.5, 0.6) is 0 Å². The molecule has 2 aromatic rings. The largest absolute Gasteiger partial charge is 0.337 e. The molecule has 0 bridgehead atoms. The third-order valence-electron chi connectivity index (χ3n) is 4.23. The first-order valence-electron chi connectivity index (χ1n) is 8.43. The average molecular weight is 354 g/mol. The molecule has 0 N–H and O–H groups in total. The van der Waals surface area contributed by atoms with Crippen molar-refractivity contribution in [1.29, 1.82) is 0 Å². The Bertz CT molecular complexity index is 706. The SMILES string of the molecule is O=C1CSCN1CC(=O)N(CCc1ccccc1)Cc1ccccc1. The van der Waals surface area contributed by atoms with Crippen LogP contribution in [-0.2, 0) is 22.6 Å². The van der Waals surface area contributed by atoms with Crippen LogP contribution in [-0.4, -0.2) is 46.3 Å². The molecule has 2 amide bonds. The maximum absolute atomic E-state index is 12.8. The maximum atomic E-state index is 12.8. The Morgan fingerprint density at radius 2 is 1.64 bits per heavy atom. The normalized spacial score (nSPS) is 13.9. The lowest BCUT2D eigenvalue weighted by Crippen LogP contribution is -2.41. The first-order chi connectivity index (χ1) is 12.2. The minimum Gasteiger partial charge on any atom is -0.337 e. The van der Waals surface area contributed by atoms with Crippen molar-refractivity contribution in [1.82, 2.24) is 9.80 Å². The molecule has 3 rings (SSSR count). The van der Waals surface area contributed by atoms with E-state index >= 15 is 0 Å². The van der Waals surface area contributed by atoms with Crippen molar-refractivity contribution >= 4 is 23.6 Å². The summed E-state index contributed by atoms with van der Waals surface area (Å²) < 4.78 is 0. The van der Waals surface area contributed by atoms with Gasteiger partial charge in [-0.3, -0.25) is 9.59 Å². The van der Waals surface area contributed by atoms with Crippen molar-refractivity contribution in [3.8, 4) is 0 Å². The minimum atomic E-state index is 0.00985. The zero-order valence-corrected chi connectivity index (χ0v) is 15.0. The van der Waals surface area contributed by atoms with E-state index in [1.54, 1.807) is 16.7 Å². The van der Waals surface area contributed by atoms with Gasteiger partial charge in [0.1, 0.15) is 6.54 Å².